The SMILES string of the molecule is CCOC1=NC(N)=CS1(=O)=O. The third-order valence-corrected chi connectivity index (χ3v) is 2.26. The number of nitrogens with two attached hydrogens (primary N) is 1. The van der Waals surface area contributed by atoms with Crippen molar-refractivity contribution < 1.29 is 13.2 Å². The van der Waals surface area contributed by atoms with Crippen LogP contribution in [-0.2, 0) is 14.6 Å². The monoisotopic (exact) mass is 176 g/mol. The molecule has 0 aromatic rings. The molecule has 0 radical (unpaired) electrons. The van der Waals surface area contributed by atoms with Gasteiger partial charge in [0, 0.05) is 0 Å². The zero-order valence-electron chi connectivity index (χ0n) is 5.94. The zero-order chi connectivity index (χ0) is 8.48. The average Bonchev–Trinajstić information content (AvgIpc) is 2.07. The van der Waals surface area contributed by atoms with E-state index < -0.39 is 9.84 Å². The van der Waals surface area contributed by atoms with E-state index in [9.17, 15) is 8.42 Å². The smallest absolute Gasteiger partial charge is 0.316 e. The van der Waals surface area contributed by atoms with Gasteiger partial charge in [-0.05, 0) is 6.92 Å². The van der Waals surface area contributed by atoms with E-state index >= 15 is 0 Å². The molecule has 5 nitrogen and oxygen atoms in total. The minimum atomic E-state index is -3.46. The highest BCUT2D eigenvalue weighted by molar-refractivity contribution is 8.08. The molecule has 0 spiro atoms. The Morgan fingerprint density at radius 3 is 2.73 bits per heavy atom. The first kappa shape index (κ1) is 8.06. The molecule has 1 rings (SSSR count). The number of hydrogen-bond acceptors (Lipinski definition) is 5. The highest BCUT2D eigenvalue weighted by atomic mass is 32.2. The average molecular weight is 176 g/mol. The third kappa shape index (κ3) is 1.51. The van der Waals surface area contributed by atoms with Crippen LogP contribution in [0.15, 0.2) is 16.2 Å². The molecule has 0 saturated carbocycles. The molecule has 0 fully saturated rings. The van der Waals surface area contributed by atoms with Crippen molar-refractivity contribution >= 4 is 15.1 Å². The molecule has 0 atom stereocenters. The molecule has 2 N–H and O–H groups in total. The number of hydrogen-bond donors (Lipinski definition) is 1. The third-order valence-electron chi connectivity index (χ3n) is 1.01. The maximum atomic E-state index is 10.9. The summed E-state index contributed by atoms with van der Waals surface area (Å²) in [5.41, 5.74) is 5.15. The van der Waals surface area contributed by atoms with Crippen LogP contribution in [0.2, 0.25) is 0 Å². The molecule has 0 aromatic carbocycles. The molecule has 0 unspecified atom stereocenters. The second-order valence-electron chi connectivity index (χ2n) is 1.90. The Balaban J connectivity index is 2.95. The fourth-order valence-corrected chi connectivity index (χ4v) is 1.63. The van der Waals surface area contributed by atoms with E-state index in [2.05, 4.69) is 4.99 Å². The van der Waals surface area contributed by atoms with Gasteiger partial charge in [-0.2, -0.15) is 4.99 Å². The van der Waals surface area contributed by atoms with Crippen LogP contribution in [0.5, 0.6) is 0 Å². The maximum Gasteiger partial charge on any atom is 0.316 e. The summed E-state index contributed by atoms with van der Waals surface area (Å²) in [6, 6.07) is 0. The van der Waals surface area contributed by atoms with Gasteiger partial charge in [0.2, 0.25) is 0 Å². The van der Waals surface area contributed by atoms with Crippen LogP contribution in [0.4, 0.5) is 0 Å². The second kappa shape index (κ2) is 2.54. The summed E-state index contributed by atoms with van der Waals surface area (Å²) in [5.74, 6) is -0.0338. The van der Waals surface area contributed by atoms with Gasteiger partial charge >= 0.3 is 5.23 Å². The van der Waals surface area contributed by atoms with Crippen molar-refractivity contribution in [2.45, 2.75) is 6.92 Å². The Kier molecular flexibility index (Phi) is 1.86. The van der Waals surface area contributed by atoms with E-state index in [1.807, 2.05) is 0 Å². The first-order valence-electron chi connectivity index (χ1n) is 3.00. The minimum Gasteiger partial charge on any atom is -0.469 e. The lowest BCUT2D eigenvalue weighted by Crippen LogP contribution is -2.12. The summed E-state index contributed by atoms with van der Waals surface area (Å²) < 4.78 is 26.6. The van der Waals surface area contributed by atoms with Gasteiger partial charge in [-0.15, -0.1) is 0 Å². The minimum absolute atomic E-state index is 0.0338. The van der Waals surface area contributed by atoms with Gasteiger partial charge in [0.15, 0.2) is 0 Å². The highest BCUT2D eigenvalue weighted by Gasteiger charge is 2.24. The van der Waals surface area contributed by atoms with Gasteiger partial charge in [-0.1, -0.05) is 0 Å². The van der Waals surface area contributed by atoms with E-state index in [0.29, 0.717) is 0 Å². The quantitative estimate of drug-likeness (QED) is 0.587. The number of sulfone groups is 1. The largest absolute Gasteiger partial charge is 0.469 e. The van der Waals surface area contributed by atoms with Gasteiger partial charge in [0.1, 0.15) is 5.82 Å². The Hall–Kier alpha value is -1.04. The van der Waals surface area contributed by atoms with Crippen LogP contribution >= 0.6 is 0 Å². The second-order valence-corrected chi connectivity index (χ2v) is 3.57. The van der Waals surface area contributed by atoms with Crippen molar-refractivity contribution in [2.24, 2.45) is 10.7 Å². The number of nitrogens with zero attached hydrogens (tertiary/aromatic N) is 1. The Morgan fingerprint density at radius 1 is 1.73 bits per heavy atom. The lowest BCUT2D eigenvalue weighted by atomic mass is 10.8. The van der Waals surface area contributed by atoms with Crippen molar-refractivity contribution in [2.75, 3.05) is 6.61 Å². The molecule has 0 bridgehead atoms. The van der Waals surface area contributed by atoms with Crippen LogP contribution in [0, 0.1) is 0 Å². The van der Waals surface area contributed by atoms with Gasteiger partial charge < -0.3 is 10.5 Å². The normalized spacial score (nSPS) is 20.8. The fraction of sp³-hybridized carbons (Fsp3) is 0.400. The highest BCUT2D eigenvalue weighted by Crippen LogP contribution is 2.10. The van der Waals surface area contributed by atoms with Crippen molar-refractivity contribution in [1.82, 2.24) is 0 Å². The van der Waals surface area contributed by atoms with E-state index in [1.165, 1.54) is 0 Å². The molecule has 6 heteroatoms. The lowest BCUT2D eigenvalue weighted by molar-refractivity contribution is 0.335. The summed E-state index contributed by atoms with van der Waals surface area (Å²) in [6.07, 6.45) is 0. The van der Waals surface area contributed by atoms with E-state index in [4.69, 9.17) is 10.5 Å². The Bertz CT molecular complexity index is 315. The maximum absolute atomic E-state index is 10.9. The van der Waals surface area contributed by atoms with Crippen LogP contribution < -0.4 is 5.73 Å². The van der Waals surface area contributed by atoms with Crippen LogP contribution in [0.3, 0.4) is 0 Å². The van der Waals surface area contributed by atoms with Gasteiger partial charge in [0.25, 0.3) is 9.84 Å². The molecule has 0 amide bonds. The molecule has 0 saturated heterocycles. The lowest BCUT2D eigenvalue weighted by Gasteiger charge is -1.98. The van der Waals surface area contributed by atoms with Crippen LogP contribution in [0.25, 0.3) is 0 Å². The standard InChI is InChI=1S/C5H8N2O3S/c1-2-10-5-7-4(6)3-11(5,8)9/h3H,2,6H2,1H3. The van der Waals surface area contributed by atoms with Crippen molar-refractivity contribution in [1.29, 1.82) is 0 Å². The summed E-state index contributed by atoms with van der Waals surface area (Å²) in [7, 11) is -3.46. The number of aliphatic imine (C=N–C) groups is 1. The molecule has 1 heterocycles. The van der Waals surface area contributed by atoms with Gasteiger partial charge in [-0.25, -0.2) is 8.42 Å². The molecule has 0 aliphatic carbocycles. The molecule has 0 aromatic heterocycles. The van der Waals surface area contributed by atoms with Crippen molar-refractivity contribution in [3.8, 4) is 0 Å². The molecule has 62 valence electrons. The van der Waals surface area contributed by atoms with Crippen LogP contribution in [-0.4, -0.2) is 20.3 Å². The van der Waals surface area contributed by atoms with Gasteiger partial charge in [0.05, 0.1) is 12.0 Å². The predicted octanol–water partition coefficient (Wildman–Crippen LogP) is -0.435. The first-order valence-corrected chi connectivity index (χ1v) is 4.54. The Morgan fingerprint density at radius 2 is 2.36 bits per heavy atom. The summed E-state index contributed by atoms with van der Waals surface area (Å²) in [5, 5.41) is 0.565. The molecule has 1 aliphatic heterocycles. The summed E-state index contributed by atoms with van der Waals surface area (Å²) in [6.45, 7) is 1.94. The number of rotatable bonds is 1. The zero-order valence-corrected chi connectivity index (χ0v) is 6.76. The summed E-state index contributed by atoms with van der Waals surface area (Å²) in [4.78, 5) is 3.48. The van der Waals surface area contributed by atoms with E-state index in [0.717, 1.165) is 5.41 Å². The molecule has 11 heavy (non-hydrogen) atoms. The molecular weight excluding hydrogens is 168 g/mol. The topological polar surface area (TPSA) is 81.8 Å². The molecule has 1 aliphatic rings. The van der Waals surface area contributed by atoms with Gasteiger partial charge in [-0.3, -0.25) is 0 Å². The van der Waals surface area contributed by atoms with E-state index in [1.54, 1.807) is 6.92 Å². The Labute approximate surface area is 64.5 Å². The summed E-state index contributed by atoms with van der Waals surface area (Å²) >= 11 is 0. The first-order chi connectivity index (χ1) is 5.06. The van der Waals surface area contributed by atoms with Crippen LogP contribution in [0.1, 0.15) is 6.92 Å². The molecular formula is C5H8N2O3S. The fourth-order valence-electron chi connectivity index (χ4n) is 0.643. The predicted molar refractivity (Wildman–Crippen MR) is 40.3 cm³/mol. The van der Waals surface area contributed by atoms with E-state index in [-0.39, 0.29) is 17.7 Å². The number of ether oxygens (including phenoxy) is 1. The van der Waals surface area contributed by atoms with Crippen molar-refractivity contribution in [3.05, 3.63) is 11.2 Å². The van der Waals surface area contributed by atoms with Crippen molar-refractivity contribution in [3.63, 3.8) is 0 Å².